The summed E-state index contributed by atoms with van der Waals surface area (Å²) in [6.07, 6.45) is 4.67. The number of aryl methyl sites for hydroxylation is 2. The molecule has 3 aromatic rings. The Labute approximate surface area is 152 Å². The van der Waals surface area contributed by atoms with Crippen LogP contribution in [0.2, 0.25) is 0 Å². The van der Waals surface area contributed by atoms with Crippen molar-refractivity contribution in [1.29, 1.82) is 0 Å². The third-order valence-electron chi connectivity index (χ3n) is 4.69. The van der Waals surface area contributed by atoms with Gasteiger partial charge >= 0.3 is 0 Å². The van der Waals surface area contributed by atoms with E-state index < -0.39 is 0 Å². The molecule has 4 rings (SSSR count). The van der Waals surface area contributed by atoms with Gasteiger partial charge < -0.3 is 33.3 Å². The summed E-state index contributed by atoms with van der Waals surface area (Å²) in [5.74, 6) is 0. The predicted molar refractivity (Wildman–Crippen MR) is 88.0 cm³/mol. The molecule has 2 unspecified atom stereocenters. The van der Waals surface area contributed by atoms with E-state index >= 15 is 0 Å². The van der Waals surface area contributed by atoms with Crippen molar-refractivity contribution in [3.63, 3.8) is 0 Å². The minimum absolute atomic E-state index is 0. The van der Waals surface area contributed by atoms with Gasteiger partial charge in [-0.25, -0.2) is 4.98 Å². The van der Waals surface area contributed by atoms with Gasteiger partial charge in [-0.15, -0.1) is 0 Å². The largest absolute Gasteiger partial charge is 1.00 e. The maximum Gasteiger partial charge on any atom is 0.227 e. The number of furan rings is 1. The monoisotopic (exact) mass is 421 g/mol. The van der Waals surface area contributed by atoms with Crippen LogP contribution in [-0.2, 0) is 0 Å². The Morgan fingerprint density at radius 2 is 1.87 bits per heavy atom. The van der Waals surface area contributed by atoms with Gasteiger partial charge in [0.15, 0.2) is 17.4 Å². The van der Waals surface area contributed by atoms with Gasteiger partial charge in [0.05, 0.1) is 6.20 Å². The lowest BCUT2D eigenvalue weighted by Gasteiger charge is -2.22. The Kier molecular flexibility index (Phi) is 4.10. The van der Waals surface area contributed by atoms with Crippen LogP contribution >= 0.6 is 0 Å². The molecular formula is C18H20IN3O. The summed E-state index contributed by atoms with van der Waals surface area (Å²) in [4.78, 5) is 8.07. The van der Waals surface area contributed by atoms with Gasteiger partial charge in [0.25, 0.3) is 0 Å². The Morgan fingerprint density at radius 3 is 2.57 bits per heavy atom. The predicted octanol–water partition coefficient (Wildman–Crippen LogP) is -0.119. The molecule has 0 amide bonds. The molecule has 0 spiro atoms. The van der Waals surface area contributed by atoms with Crippen molar-refractivity contribution < 1.29 is 33.3 Å². The molecule has 1 N–H and O–H groups in total. The van der Waals surface area contributed by atoms with Crippen LogP contribution < -0.4 is 28.9 Å². The number of quaternary nitrogens is 1. The van der Waals surface area contributed by atoms with Crippen molar-refractivity contribution in [1.82, 2.24) is 9.88 Å². The summed E-state index contributed by atoms with van der Waals surface area (Å²) < 4.78 is 6.16. The van der Waals surface area contributed by atoms with E-state index in [2.05, 4.69) is 61.4 Å². The Balaban J connectivity index is 0.00000156. The highest BCUT2D eigenvalue weighted by Gasteiger charge is 2.31. The van der Waals surface area contributed by atoms with Crippen molar-refractivity contribution in [2.75, 3.05) is 7.05 Å². The Hall–Kier alpha value is -1.60. The van der Waals surface area contributed by atoms with Crippen molar-refractivity contribution in [3.8, 4) is 0 Å². The third-order valence-corrected chi connectivity index (χ3v) is 4.69. The summed E-state index contributed by atoms with van der Waals surface area (Å²) >= 11 is 0. The summed E-state index contributed by atoms with van der Waals surface area (Å²) in [5.41, 5.74) is 5.11. The van der Waals surface area contributed by atoms with Crippen LogP contribution in [0.3, 0.4) is 0 Å². The van der Waals surface area contributed by atoms with E-state index in [-0.39, 0.29) is 24.0 Å². The van der Waals surface area contributed by atoms with Crippen LogP contribution in [0.5, 0.6) is 0 Å². The summed E-state index contributed by atoms with van der Waals surface area (Å²) in [6, 6.07) is 8.46. The second kappa shape index (κ2) is 5.79. The number of aromatic nitrogens is 1. The van der Waals surface area contributed by atoms with Gasteiger partial charge in [0.2, 0.25) is 5.71 Å². The van der Waals surface area contributed by atoms with Crippen LogP contribution in [0.15, 0.2) is 41.1 Å². The molecule has 3 heterocycles. The second-order valence-electron chi connectivity index (χ2n) is 6.15. The molecule has 1 aromatic carbocycles. The molecule has 2 aromatic heterocycles. The van der Waals surface area contributed by atoms with Crippen LogP contribution in [-0.4, -0.2) is 23.1 Å². The molecule has 2 atom stereocenters. The molecule has 120 valence electrons. The van der Waals surface area contributed by atoms with E-state index in [9.17, 15) is 0 Å². The first-order valence-corrected chi connectivity index (χ1v) is 7.63. The molecule has 0 bridgehead atoms. The highest BCUT2D eigenvalue weighted by molar-refractivity contribution is 6.07. The number of fused-ring (bicyclic) bond motifs is 3. The molecule has 1 aliphatic rings. The lowest BCUT2D eigenvalue weighted by Crippen LogP contribution is -3.06. The van der Waals surface area contributed by atoms with Crippen molar-refractivity contribution >= 4 is 27.8 Å². The minimum Gasteiger partial charge on any atom is -1.00 e. The SMILES string of the molecule is Cc1ccc2c(n1)oc1c([NH+]3C=CN(C)C3C)c(C)ccc12.[I-]. The van der Waals surface area contributed by atoms with E-state index in [1.54, 1.807) is 0 Å². The van der Waals surface area contributed by atoms with E-state index in [1.165, 1.54) is 16.2 Å². The first-order valence-electron chi connectivity index (χ1n) is 7.63. The number of benzene rings is 1. The van der Waals surface area contributed by atoms with Crippen LogP contribution in [0.1, 0.15) is 18.2 Å². The van der Waals surface area contributed by atoms with E-state index in [1.807, 2.05) is 13.0 Å². The molecule has 1 aliphatic heterocycles. The summed E-state index contributed by atoms with van der Waals surface area (Å²) in [5, 5.41) is 2.23. The van der Waals surface area contributed by atoms with Gasteiger partial charge in [-0.05, 0) is 32.0 Å². The number of halogens is 1. The van der Waals surface area contributed by atoms with Gasteiger partial charge in [0, 0.05) is 36.0 Å². The van der Waals surface area contributed by atoms with Gasteiger partial charge in [0.1, 0.15) is 6.20 Å². The van der Waals surface area contributed by atoms with Crippen LogP contribution in [0.25, 0.3) is 22.1 Å². The second-order valence-corrected chi connectivity index (χ2v) is 6.15. The van der Waals surface area contributed by atoms with E-state index in [4.69, 9.17) is 4.42 Å². The highest BCUT2D eigenvalue weighted by Crippen LogP contribution is 2.33. The molecule has 23 heavy (non-hydrogen) atoms. The number of hydrogen-bond donors (Lipinski definition) is 1. The molecule has 0 saturated carbocycles. The minimum atomic E-state index is 0. The Bertz CT molecular complexity index is 915. The first-order chi connectivity index (χ1) is 10.6. The third kappa shape index (κ3) is 2.42. The zero-order valence-corrected chi connectivity index (χ0v) is 15.9. The number of nitrogens with zero attached hydrogens (tertiary/aromatic N) is 2. The highest BCUT2D eigenvalue weighted by atomic mass is 127. The maximum absolute atomic E-state index is 6.16. The number of hydrogen-bond acceptors (Lipinski definition) is 3. The fourth-order valence-corrected chi connectivity index (χ4v) is 3.25. The fraction of sp³-hybridized carbons (Fsp3) is 0.278. The first kappa shape index (κ1) is 16.3. The molecule has 0 aliphatic carbocycles. The molecule has 0 fully saturated rings. The molecule has 0 radical (unpaired) electrons. The van der Waals surface area contributed by atoms with Gasteiger partial charge in [-0.1, -0.05) is 6.07 Å². The standard InChI is InChI=1S/C18H19N3O.HI/c1-11-5-7-14-15-8-6-12(2)19-18(15)22-17(14)16(11)21-10-9-20(4)13(21)3;/h5-10,13H,1-4H3;1H. The van der Waals surface area contributed by atoms with Crippen LogP contribution in [0, 0.1) is 13.8 Å². The normalized spacial score (nSPS) is 20.4. The zero-order chi connectivity index (χ0) is 15.4. The number of nitrogens with one attached hydrogen (secondary N) is 1. The zero-order valence-electron chi connectivity index (χ0n) is 13.7. The Morgan fingerprint density at radius 1 is 1.13 bits per heavy atom. The van der Waals surface area contributed by atoms with E-state index in [0.717, 1.165) is 27.8 Å². The fourth-order valence-electron chi connectivity index (χ4n) is 3.25. The molecule has 0 saturated heterocycles. The molecule has 4 nitrogen and oxygen atoms in total. The van der Waals surface area contributed by atoms with Crippen molar-refractivity contribution in [2.24, 2.45) is 0 Å². The van der Waals surface area contributed by atoms with Crippen molar-refractivity contribution in [3.05, 3.63) is 47.9 Å². The van der Waals surface area contributed by atoms with Crippen LogP contribution in [0.4, 0.5) is 5.69 Å². The average molecular weight is 421 g/mol. The summed E-state index contributed by atoms with van der Waals surface area (Å²) in [6.45, 7) is 6.36. The number of rotatable bonds is 1. The topological polar surface area (TPSA) is 33.7 Å². The average Bonchev–Trinajstić information content (AvgIpc) is 3.00. The van der Waals surface area contributed by atoms with E-state index in [0.29, 0.717) is 6.17 Å². The number of pyridine rings is 1. The molecular weight excluding hydrogens is 401 g/mol. The lowest BCUT2D eigenvalue weighted by molar-refractivity contribution is -0.806. The smallest absolute Gasteiger partial charge is 0.227 e. The van der Waals surface area contributed by atoms with Crippen molar-refractivity contribution in [2.45, 2.75) is 26.9 Å². The quantitative estimate of drug-likeness (QED) is 0.557. The molecule has 5 heteroatoms. The summed E-state index contributed by atoms with van der Waals surface area (Å²) in [7, 11) is 2.10. The maximum atomic E-state index is 6.16. The van der Waals surface area contributed by atoms with Gasteiger partial charge in [-0.3, -0.25) is 4.90 Å². The lowest BCUT2D eigenvalue weighted by atomic mass is 10.1. The van der Waals surface area contributed by atoms with Gasteiger partial charge in [-0.2, -0.15) is 0 Å².